The van der Waals surface area contributed by atoms with E-state index in [-0.39, 0.29) is 5.91 Å². The van der Waals surface area contributed by atoms with E-state index in [1.54, 1.807) is 41.3 Å². The quantitative estimate of drug-likeness (QED) is 0.916. The molecule has 0 aliphatic carbocycles. The highest BCUT2D eigenvalue weighted by molar-refractivity contribution is 5.92. The van der Waals surface area contributed by atoms with Crippen molar-refractivity contribution in [2.75, 3.05) is 18.4 Å². The normalized spacial score (nSPS) is 9.86. The third-order valence-electron chi connectivity index (χ3n) is 3.22. The van der Waals surface area contributed by atoms with E-state index in [1.807, 2.05) is 13.8 Å². The molecule has 0 fully saturated rings. The Bertz CT molecular complexity index is 669. The maximum Gasteiger partial charge on any atom is 0.274 e. The van der Waals surface area contributed by atoms with Crippen LogP contribution in [0.4, 0.5) is 11.5 Å². The van der Waals surface area contributed by atoms with Gasteiger partial charge in [-0.2, -0.15) is 5.26 Å². The topological polar surface area (TPSA) is 81.9 Å². The first-order valence-electron chi connectivity index (χ1n) is 7.08. The lowest BCUT2D eigenvalue weighted by Gasteiger charge is -2.17. The molecule has 6 nitrogen and oxygen atoms in total. The van der Waals surface area contributed by atoms with Crippen LogP contribution >= 0.6 is 0 Å². The highest BCUT2D eigenvalue weighted by Crippen LogP contribution is 2.14. The Balaban J connectivity index is 2.08. The summed E-state index contributed by atoms with van der Waals surface area (Å²) in [5.41, 5.74) is 1.72. The lowest BCUT2D eigenvalue weighted by Crippen LogP contribution is -2.31. The second kappa shape index (κ2) is 7.18. The number of nitrogens with zero attached hydrogens (tertiary/aromatic N) is 4. The van der Waals surface area contributed by atoms with Crippen molar-refractivity contribution in [2.24, 2.45) is 0 Å². The Labute approximate surface area is 129 Å². The molecule has 112 valence electrons. The molecule has 22 heavy (non-hydrogen) atoms. The molecule has 0 saturated carbocycles. The Hall–Kier alpha value is -2.94. The molecular weight excluding hydrogens is 278 g/mol. The Kier molecular flexibility index (Phi) is 5.04. The van der Waals surface area contributed by atoms with Gasteiger partial charge in [-0.05, 0) is 50.2 Å². The summed E-state index contributed by atoms with van der Waals surface area (Å²) >= 11 is 0. The van der Waals surface area contributed by atoms with Crippen LogP contribution in [-0.4, -0.2) is 34.1 Å². The zero-order valence-corrected chi connectivity index (χ0v) is 12.6. The van der Waals surface area contributed by atoms with E-state index in [9.17, 15) is 4.79 Å². The number of anilines is 2. The van der Waals surface area contributed by atoms with E-state index >= 15 is 0 Å². The summed E-state index contributed by atoms with van der Waals surface area (Å²) in [4.78, 5) is 13.8. The molecule has 6 heteroatoms. The summed E-state index contributed by atoms with van der Waals surface area (Å²) < 4.78 is 0. The van der Waals surface area contributed by atoms with Crippen molar-refractivity contribution in [3.05, 3.63) is 47.7 Å². The van der Waals surface area contributed by atoms with Gasteiger partial charge in [0.05, 0.1) is 11.6 Å². The van der Waals surface area contributed by atoms with E-state index in [2.05, 4.69) is 21.6 Å². The predicted molar refractivity (Wildman–Crippen MR) is 83.7 cm³/mol. The third kappa shape index (κ3) is 3.58. The van der Waals surface area contributed by atoms with Gasteiger partial charge in [-0.3, -0.25) is 4.79 Å². The van der Waals surface area contributed by atoms with Gasteiger partial charge < -0.3 is 10.2 Å². The predicted octanol–water partition coefficient (Wildman–Crippen LogP) is 2.57. The number of hydrogen-bond acceptors (Lipinski definition) is 5. The van der Waals surface area contributed by atoms with Crippen LogP contribution in [0.15, 0.2) is 36.4 Å². The van der Waals surface area contributed by atoms with Crippen LogP contribution < -0.4 is 5.32 Å². The molecule has 0 radical (unpaired) electrons. The molecule has 0 aliphatic heterocycles. The second-order valence-corrected chi connectivity index (χ2v) is 4.60. The summed E-state index contributed by atoms with van der Waals surface area (Å²) in [6.45, 7) is 5.13. The first kappa shape index (κ1) is 15.4. The molecule has 1 heterocycles. The number of amides is 1. The summed E-state index contributed by atoms with van der Waals surface area (Å²) in [5, 5.41) is 19.8. The largest absolute Gasteiger partial charge is 0.339 e. The monoisotopic (exact) mass is 295 g/mol. The average Bonchev–Trinajstić information content (AvgIpc) is 2.57. The van der Waals surface area contributed by atoms with Crippen LogP contribution in [0.1, 0.15) is 29.9 Å². The van der Waals surface area contributed by atoms with Gasteiger partial charge in [-0.15, -0.1) is 10.2 Å². The molecule has 2 rings (SSSR count). The van der Waals surface area contributed by atoms with Crippen molar-refractivity contribution in [2.45, 2.75) is 13.8 Å². The number of nitriles is 1. The highest BCUT2D eigenvalue weighted by atomic mass is 16.2. The molecule has 0 unspecified atom stereocenters. The Morgan fingerprint density at radius 1 is 1.14 bits per heavy atom. The van der Waals surface area contributed by atoms with Gasteiger partial charge >= 0.3 is 0 Å². The first-order chi connectivity index (χ1) is 10.7. The summed E-state index contributed by atoms with van der Waals surface area (Å²) in [7, 11) is 0. The maximum atomic E-state index is 12.1. The number of carbonyl (C=O) groups is 1. The number of benzene rings is 1. The fraction of sp³-hybridized carbons (Fsp3) is 0.250. The highest BCUT2D eigenvalue weighted by Gasteiger charge is 2.14. The van der Waals surface area contributed by atoms with E-state index in [4.69, 9.17) is 5.26 Å². The van der Waals surface area contributed by atoms with Crippen molar-refractivity contribution in [3.63, 3.8) is 0 Å². The second-order valence-electron chi connectivity index (χ2n) is 4.60. The Morgan fingerprint density at radius 3 is 2.32 bits per heavy atom. The van der Waals surface area contributed by atoms with Gasteiger partial charge in [-0.25, -0.2) is 0 Å². The number of nitrogens with one attached hydrogen (secondary N) is 1. The SMILES string of the molecule is CCN(CC)C(=O)c1ccc(Nc2ccc(C#N)cc2)nn1. The molecule has 0 saturated heterocycles. The van der Waals surface area contributed by atoms with Crippen molar-refractivity contribution < 1.29 is 4.79 Å². The van der Waals surface area contributed by atoms with Crippen LogP contribution in [0.3, 0.4) is 0 Å². The van der Waals surface area contributed by atoms with Crippen LogP contribution in [0.25, 0.3) is 0 Å². The maximum absolute atomic E-state index is 12.1. The number of hydrogen-bond donors (Lipinski definition) is 1. The number of rotatable bonds is 5. The molecule has 1 aromatic carbocycles. The fourth-order valence-corrected chi connectivity index (χ4v) is 1.96. The van der Waals surface area contributed by atoms with Gasteiger partial charge in [0.1, 0.15) is 0 Å². The van der Waals surface area contributed by atoms with Crippen LogP contribution in [0, 0.1) is 11.3 Å². The fourth-order valence-electron chi connectivity index (χ4n) is 1.96. The molecular formula is C16H17N5O. The lowest BCUT2D eigenvalue weighted by molar-refractivity contribution is 0.0766. The zero-order valence-electron chi connectivity index (χ0n) is 12.6. The minimum Gasteiger partial charge on any atom is -0.339 e. The van der Waals surface area contributed by atoms with Crippen molar-refractivity contribution in [3.8, 4) is 6.07 Å². The van der Waals surface area contributed by atoms with E-state index in [0.29, 0.717) is 30.2 Å². The molecule has 0 spiro atoms. The standard InChI is InChI=1S/C16H17N5O/c1-3-21(4-2)16(22)14-9-10-15(20-19-14)18-13-7-5-12(11-17)6-8-13/h5-10H,3-4H2,1-2H3,(H,18,20). The Morgan fingerprint density at radius 2 is 1.82 bits per heavy atom. The van der Waals surface area contributed by atoms with Gasteiger partial charge in [0.25, 0.3) is 5.91 Å². The summed E-state index contributed by atoms with van der Waals surface area (Å²) in [6, 6.07) is 12.4. The average molecular weight is 295 g/mol. The minimum atomic E-state index is -0.123. The summed E-state index contributed by atoms with van der Waals surface area (Å²) in [5.74, 6) is 0.420. The molecule has 0 aliphatic rings. The van der Waals surface area contributed by atoms with Crippen molar-refractivity contribution in [1.29, 1.82) is 5.26 Å². The van der Waals surface area contributed by atoms with Crippen LogP contribution in [-0.2, 0) is 0 Å². The molecule has 0 atom stereocenters. The third-order valence-corrected chi connectivity index (χ3v) is 3.22. The molecule has 1 aromatic heterocycles. The zero-order chi connectivity index (χ0) is 15.9. The van der Waals surface area contributed by atoms with Crippen LogP contribution in [0.2, 0.25) is 0 Å². The van der Waals surface area contributed by atoms with Gasteiger partial charge in [0.2, 0.25) is 0 Å². The molecule has 1 amide bonds. The van der Waals surface area contributed by atoms with Crippen LogP contribution in [0.5, 0.6) is 0 Å². The van der Waals surface area contributed by atoms with Gasteiger partial charge in [0.15, 0.2) is 11.5 Å². The molecule has 1 N–H and O–H groups in total. The molecule has 2 aromatic rings. The molecule has 0 bridgehead atoms. The summed E-state index contributed by atoms with van der Waals surface area (Å²) in [6.07, 6.45) is 0. The number of aromatic nitrogens is 2. The number of carbonyl (C=O) groups excluding carboxylic acids is 1. The van der Waals surface area contributed by atoms with E-state index < -0.39 is 0 Å². The van der Waals surface area contributed by atoms with E-state index in [1.165, 1.54) is 0 Å². The first-order valence-corrected chi connectivity index (χ1v) is 7.08. The van der Waals surface area contributed by atoms with Gasteiger partial charge in [0, 0.05) is 18.8 Å². The van der Waals surface area contributed by atoms with Crippen molar-refractivity contribution in [1.82, 2.24) is 15.1 Å². The minimum absolute atomic E-state index is 0.123. The van der Waals surface area contributed by atoms with Gasteiger partial charge in [-0.1, -0.05) is 0 Å². The smallest absolute Gasteiger partial charge is 0.274 e. The lowest BCUT2D eigenvalue weighted by atomic mass is 10.2. The van der Waals surface area contributed by atoms with E-state index in [0.717, 1.165) is 5.69 Å². The van der Waals surface area contributed by atoms with Crippen molar-refractivity contribution >= 4 is 17.4 Å².